The van der Waals surface area contributed by atoms with Gasteiger partial charge in [-0.1, -0.05) is 42.0 Å². The second-order valence-electron chi connectivity index (χ2n) is 7.68. The first-order valence-corrected chi connectivity index (χ1v) is 9.49. The minimum atomic E-state index is 1.03. The van der Waals surface area contributed by atoms with E-state index in [0.29, 0.717) is 0 Å². The molecule has 0 aliphatic carbocycles. The summed E-state index contributed by atoms with van der Waals surface area (Å²) in [6, 6.07) is 20.0. The zero-order valence-corrected chi connectivity index (χ0v) is 15.5. The number of nitrogens with one attached hydrogen (secondary N) is 1. The summed E-state index contributed by atoms with van der Waals surface area (Å²) in [5, 5.41) is 2.73. The summed E-state index contributed by atoms with van der Waals surface area (Å²) < 4.78 is 0. The number of aryl methyl sites for hydroxylation is 2. The van der Waals surface area contributed by atoms with E-state index in [1.165, 1.54) is 44.1 Å². The molecular formula is C24H24N2. The van der Waals surface area contributed by atoms with E-state index < -0.39 is 0 Å². The van der Waals surface area contributed by atoms with Gasteiger partial charge in [0, 0.05) is 41.4 Å². The number of hydrogen-bond donors (Lipinski definition) is 1. The second-order valence-corrected chi connectivity index (χ2v) is 7.68. The number of aromatic amines is 1. The minimum Gasteiger partial charge on any atom is -0.354 e. The molecule has 0 unspecified atom stereocenters. The van der Waals surface area contributed by atoms with Crippen molar-refractivity contribution in [2.75, 3.05) is 6.54 Å². The fraction of sp³-hybridized carbons (Fsp3) is 0.250. The summed E-state index contributed by atoms with van der Waals surface area (Å²) in [5.74, 6) is 0. The van der Waals surface area contributed by atoms with Gasteiger partial charge in [0.15, 0.2) is 0 Å². The van der Waals surface area contributed by atoms with E-state index in [9.17, 15) is 0 Å². The molecule has 3 aromatic carbocycles. The van der Waals surface area contributed by atoms with E-state index in [1.807, 2.05) is 0 Å². The van der Waals surface area contributed by atoms with Crippen molar-refractivity contribution < 1.29 is 0 Å². The first-order chi connectivity index (χ1) is 12.7. The molecule has 0 bridgehead atoms. The molecule has 0 radical (unpaired) electrons. The predicted octanol–water partition coefficient (Wildman–Crippen LogP) is 5.50. The lowest BCUT2D eigenvalue weighted by molar-refractivity contribution is 0.245. The van der Waals surface area contributed by atoms with Crippen LogP contribution in [0.1, 0.15) is 27.8 Å². The lowest BCUT2D eigenvalue weighted by Gasteiger charge is -2.30. The van der Waals surface area contributed by atoms with Crippen LogP contribution in [0.15, 0.2) is 54.6 Å². The maximum absolute atomic E-state index is 3.66. The van der Waals surface area contributed by atoms with Gasteiger partial charge in [-0.2, -0.15) is 0 Å². The Morgan fingerprint density at radius 1 is 0.962 bits per heavy atom. The number of nitrogens with zero attached hydrogens (tertiary/aromatic N) is 1. The quantitative estimate of drug-likeness (QED) is 0.511. The fourth-order valence-electron chi connectivity index (χ4n) is 4.48. The van der Waals surface area contributed by atoms with Crippen LogP contribution in [0, 0.1) is 13.8 Å². The Morgan fingerprint density at radius 2 is 1.81 bits per heavy atom. The molecule has 1 aliphatic rings. The van der Waals surface area contributed by atoms with Gasteiger partial charge in [0.2, 0.25) is 0 Å². The molecule has 0 atom stereocenters. The van der Waals surface area contributed by atoms with Gasteiger partial charge < -0.3 is 4.98 Å². The zero-order chi connectivity index (χ0) is 17.7. The van der Waals surface area contributed by atoms with Crippen LogP contribution in [0.4, 0.5) is 0 Å². The van der Waals surface area contributed by atoms with Crippen LogP contribution in [-0.2, 0) is 19.5 Å². The Kier molecular flexibility index (Phi) is 3.61. The Hall–Kier alpha value is -2.58. The first kappa shape index (κ1) is 15.7. The van der Waals surface area contributed by atoms with Gasteiger partial charge in [-0.15, -0.1) is 0 Å². The Balaban J connectivity index is 1.57. The van der Waals surface area contributed by atoms with Crippen molar-refractivity contribution in [2.45, 2.75) is 33.4 Å². The first-order valence-electron chi connectivity index (χ1n) is 9.49. The standard InChI is InChI=1S/C24H24N2/c1-16-8-9-23-21(12-16)22-13-19-15-26(14-18-6-4-3-5-7-18)11-10-20(19)17(2)24(22)25-23/h3-9,12-13,25H,10-11,14-15H2,1-2H3. The summed E-state index contributed by atoms with van der Waals surface area (Å²) in [7, 11) is 0. The summed E-state index contributed by atoms with van der Waals surface area (Å²) in [6.07, 6.45) is 1.14. The van der Waals surface area contributed by atoms with Crippen LogP contribution in [0.25, 0.3) is 21.8 Å². The van der Waals surface area contributed by atoms with Crippen molar-refractivity contribution in [2.24, 2.45) is 0 Å². The van der Waals surface area contributed by atoms with Crippen molar-refractivity contribution in [1.29, 1.82) is 0 Å². The van der Waals surface area contributed by atoms with E-state index >= 15 is 0 Å². The SMILES string of the molecule is Cc1ccc2[nH]c3c(C)c4c(cc3c2c1)CN(Cc1ccccc1)CC4. The average molecular weight is 340 g/mol. The number of hydrogen-bond acceptors (Lipinski definition) is 1. The predicted molar refractivity (Wildman–Crippen MR) is 110 cm³/mol. The molecular weight excluding hydrogens is 316 g/mol. The molecule has 130 valence electrons. The Bertz CT molecular complexity index is 1110. The van der Waals surface area contributed by atoms with E-state index in [2.05, 4.69) is 78.3 Å². The molecule has 2 heterocycles. The highest BCUT2D eigenvalue weighted by Crippen LogP contribution is 2.34. The molecule has 1 aromatic heterocycles. The maximum Gasteiger partial charge on any atom is 0.0497 e. The van der Waals surface area contributed by atoms with E-state index in [0.717, 1.165) is 26.1 Å². The molecule has 1 N–H and O–H groups in total. The molecule has 0 fully saturated rings. The van der Waals surface area contributed by atoms with Crippen molar-refractivity contribution in [3.05, 3.63) is 82.4 Å². The molecule has 0 spiro atoms. The van der Waals surface area contributed by atoms with Crippen molar-refractivity contribution in [1.82, 2.24) is 9.88 Å². The van der Waals surface area contributed by atoms with Crippen molar-refractivity contribution >= 4 is 21.8 Å². The molecule has 0 saturated heterocycles. The molecule has 0 amide bonds. The lowest BCUT2D eigenvalue weighted by Crippen LogP contribution is -2.30. The molecule has 2 nitrogen and oxygen atoms in total. The molecule has 1 aliphatic heterocycles. The third-order valence-corrected chi connectivity index (χ3v) is 5.85. The maximum atomic E-state index is 3.66. The summed E-state index contributed by atoms with van der Waals surface area (Å²) >= 11 is 0. The third-order valence-electron chi connectivity index (χ3n) is 5.85. The zero-order valence-electron chi connectivity index (χ0n) is 15.5. The van der Waals surface area contributed by atoms with Gasteiger partial charge in [0.1, 0.15) is 0 Å². The van der Waals surface area contributed by atoms with Crippen LogP contribution in [0.3, 0.4) is 0 Å². The highest BCUT2D eigenvalue weighted by molar-refractivity contribution is 6.09. The van der Waals surface area contributed by atoms with E-state index in [1.54, 1.807) is 5.56 Å². The summed E-state index contributed by atoms with van der Waals surface area (Å²) in [6.45, 7) is 7.67. The molecule has 2 heteroatoms. The molecule has 4 aromatic rings. The Labute approximate surface area is 154 Å². The number of rotatable bonds is 2. The number of H-pyrrole nitrogens is 1. The van der Waals surface area contributed by atoms with E-state index in [-0.39, 0.29) is 0 Å². The van der Waals surface area contributed by atoms with Gasteiger partial charge in [-0.3, -0.25) is 4.90 Å². The van der Waals surface area contributed by atoms with Gasteiger partial charge >= 0.3 is 0 Å². The summed E-state index contributed by atoms with van der Waals surface area (Å²) in [4.78, 5) is 6.23. The van der Waals surface area contributed by atoms with Crippen LogP contribution >= 0.6 is 0 Å². The van der Waals surface area contributed by atoms with Gasteiger partial charge in [0.05, 0.1) is 0 Å². The number of benzene rings is 3. The highest BCUT2D eigenvalue weighted by atomic mass is 15.1. The third kappa shape index (κ3) is 2.53. The van der Waals surface area contributed by atoms with Gasteiger partial charge in [-0.25, -0.2) is 0 Å². The lowest BCUT2D eigenvalue weighted by atomic mass is 9.92. The van der Waals surface area contributed by atoms with Crippen molar-refractivity contribution in [3.63, 3.8) is 0 Å². The molecule has 5 rings (SSSR count). The smallest absolute Gasteiger partial charge is 0.0497 e. The average Bonchev–Trinajstić information content (AvgIpc) is 3.01. The molecule has 0 saturated carbocycles. The summed E-state index contributed by atoms with van der Waals surface area (Å²) in [5.41, 5.74) is 9.77. The topological polar surface area (TPSA) is 19.0 Å². The number of fused-ring (bicyclic) bond motifs is 4. The highest BCUT2D eigenvalue weighted by Gasteiger charge is 2.21. The van der Waals surface area contributed by atoms with Gasteiger partial charge in [0.25, 0.3) is 0 Å². The Morgan fingerprint density at radius 3 is 2.65 bits per heavy atom. The minimum absolute atomic E-state index is 1.03. The largest absolute Gasteiger partial charge is 0.354 e. The van der Waals surface area contributed by atoms with Crippen LogP contribution in [-0.4, -0.2) is 16.4 Å². The monoisotopic (exact) mass is 340 g/mol. The van der Waals surface area contributed by atoms with Crippen LogP contribution < -0.4 is 0 Å². The van der Waals surface area contributed by atoms with Gasteiger partial charge in [-0.05, 0) is 60.7 Å². The normalized spacial score (nSPS) is 14.8. The fourth-order valence-corrected chi connectivity index (χ4v) is 4.48. The van der Waals surface area contributed by atoms with Crippen LogP contribution in [0.2, 0.25) is 0 Å². The number of aromatic nitrogens is 1. The van der Waals surface area contributed by atoms with Crippen molar-refractivity contribution in [3.8, 4) is 0 Å². The second kappa shape index (κ2) is 6.00. The van der Waals surface area contributed by atoms with Crippen LogP contribution in [0.5, 0.6) is 0 Å². The van der Waals surface area contributed by atoms with E-state index in [4.69, 9.17) is 0 Å². The molecule has 26 heavy (non-hydrogen) atoms.